The van der Waals surface area contributed by atoms with Crippen molar-refractivity contribution in [1.82, 2.24) is 4.90 Å². The molecule has 1 aliphatic carbocycles. The molecule has 3 aliphatic rings. The topological polar surface area (TPSA) is 40.2 Å². The lowest BCUT2D eigenvalue weighted by Crippen LogP contribution is -2.46. The molecule has 4 atom stereocenters. The van der Waals surface area contributed by atoms with Gasteiger partial charge in [-0.2, -0.15) is 0 Å². The molecule has 2 heterocycles. The first kappa shape index (κ1) is 24.3. The molecule has 1 saturated heterocycles. The number of methoxy groups -OCH3 is 4. The van der Waals surface area contributed by atoms with E-state index in [-0.39, 0.29) is 0 Å². The van der Waals surface area contributed by atoms with E-state index < -0.39 is 0 Å². The summed E-state index contributed by atoms with van der Waals surface area (Å²) < 4.78 is 22.6. The molecule has 2 aromatic rings. The van der Waals surface area contributed by atoms with E-state index in [0.29, 0.717) is 17.9 Å². The number of hydrogen-bond donors (Lipinski definition) is 0. The maximum absolute atomic E-state index is 5.69. The molecule has 0 N–H and O–H groups in total. The fourth-order valence-corrected chi connectivity index (χ4v) is 7.09. The zero-order chi connectivity index (χ0) is 24.5. The summed E-state index contributed by atoms with van der Waals surface area (Å²) in [5, 5.41) is 0. The number of benzene rings is 2. The molecule has 5 rings (SSSR count). The predicted molar refractivity (Wildman–Crippen MR) is 139 cm³/mol. The number of hydrogen-bond acceptors (Lipinski definition) is 5. The van der Waals surface area contributed by atoms with Gasteiger partial charge in [-0.05, 0) is 103 Å². The Morgan fingerprint density at radius 1 is 0.771 bits per heavy atom. The maximum atomic E-state index is 5.69. The summed E-state index contributed by atoms with van der Waals surface area (Å²) in [6, 6.07) is 9.42. The van der Waals surface area contributed by atoms with E-state index in [2.05, 4.69) is 36.1 Å². The fourth-order valence-electron chi connectivity index (χ4n) is 7.09. The van der Waals surface area contributed by atoms with Crippen molar-refractivity contribution >= 4 is 0 Å². The van der Waals surface area contributed by atoms with E-state index in [9.17, 15) is 0 Å². The minimum atomic E-state index is 0.472. The van der Waals surface area contributed by atoms with E-state index in [1.807, 2.05) is 0 Å². The second-order valence-corrected chi connectivity index (χ2v) is 10.6. The second-order valence-electron chi connectivity index (χ2n) is 10.6. The molecule has 1 fully saturated rings. The van der Waals surface area contributed by atoms with Crippen molar-refractivity contribution in [1.29, 1.82) is 0 Å². The highest BCUT2D eigenvalue weighted by Crippen LogP contribution is 2.49. The number of fused-ring (bicyclic) bond motifs is 4. The first-order valence-electron chi connectivity index (χ1n) is 13.3. The summed E-state index contributed by atoms with van der Waals surface area (Å²) >= 11 is 0. The van der Waals surface area contributed by atoms with Crippen molar-refractivity contribution in [3.05, 3.63) is 46.5 Å². The standard InChI is InChI=1S/C30H41NO4/c1-6-19-18-31-11-10-22-15-28(33-3)30(35-5)17-25(22)26(31)13-23(19)12-20-8-7-9-21-14-27(32-2)29(34-4)16-24(20)21/h14-17,19-20,23,26H,6-13,18H2,1-5H3. The fraction of sp³-hybridized carbons (Fsp3) is 0.600. The van der Waals surface area contributed by atoms with Gasteiger partial charge < -0.3 is 18.9 Å². The molecule has 2 aliphatic heterocycles. The van der Waals surface area contributed by atoms with Gasteiger partial charge in [0.1, 0.15) is 0 Å². The summed E-state index contributed by atoms with van der Waals surface area (Å²) in [6.45, 7) is 4.72. The van der Waals surface area contributed by atoms with Crippen LogP contribution in [0.4, 0.5) is 0 Å². The number of ether oxygens (including phenoxy) is 4. The molecule has 5 nitrogen and oxygen atoms in total. The molecule has 2 aromatic carbocycles. The SMILES string of the molecule is CCC1CN2CCc3cc(OC)c(OC)cc3C2CC1CC1CCCc2cc(OC)c(OC)cc21. The van der Waals surface area contributed by atoms with Crippen LogP contribution in [0.1, 0.15) is 73.2 Å². The first-order chi connectivity index (χ1) is 17.1. The lowest BCUT2D eigenvalue weighted by molar-refractivity contribution is 0.0445. The second kappa shape index (κ2) is 10.3. The summed E-state index contributed by atoms with van der Waals surface area (Å²) in [5.74, 6) is 5.48. The van der Waals surface area contributed by atoms with Crippen LogP contribution in [0.15, 0.2) is 24.3 Å². The third kappa shape index (κ3) is 4.48. The van der Waals surface area contributed by atoms with Gasteiger partial charge in [0.2, 0.25) is 0 Å². The Hall–Kier alpha value is -2.40. The molecule has 0 spiro atoms. The quantitative estimate of drug-likeness (QED) is 0.474. The molecule has 0 bridgehead atoms. The van der Waals surface area contributed by atoms with Crippen LogP contribution in [0, 0.1) is 11.8 Å². The van der Waals surface area contributed by atoms with E-state index >= 15 is 0 Å². The zero-order valence-electron chi connectivity index (χ0n) is 22.1. The van der Waals surface area contributed by atoms with Crippen LogP contribution in [0.25, 0.3) is 0 Å². The summed E-state index contributed by atoms with van der Waals surface area (Å²) in [6.07, 6.45) is 8.48. The maximum Gasteiger partial charge on any atom is 0.161 e. The van der Waals surface area contributed by atoms with Crippen molar-refractivity contribution in [2.75, 3.05) is 41.5 Å². The van der Waals surface area contributed by atoms with Gasteiger partial charge in [0.15, 0.2) is 23.0 Å². The molecule has 4 unspecified atom stereocenters. The molecule has 5 heteroatoms. The van der Waals surface area contributed by atoms with Crippen LogP contribution in [0.2, 0.25) is 0 Å². The Morgan fingerprint density at radius 2 is 1.37 bits per heavy atom. The van der Waals surface area contributed by atoms with Crippen LogP contribution in [-0.2, 0) is 12.8 Å². The van der Waals surface area contributed by atoms with Crippen LogP contribution >= 0.6 is 0 Å². The molecule has 0 aromatic heterocycles. The number of aryl methyl sites for hydroxylation is 1. The Kier molecular flexibility index (Phi) is 7.15. The third-order valence-electron chi connectivity index (χ3n) is 8.97. The normalized spacial score (nSPS) is 25.7. The van der Waals surface area contributed by atoms with Crippen molar-refractivity contribution < 1.29 is 18.9 Å². The van der Waals surface area contributed by atoms with Gasteiger partial charge in [-0.25, -0.2) is 0 Å². The van der Waals surface area contributed by atoms with Gasteiger partial charge >= 0.3 is 0 Å². The van der Waals surface area contributed by atoms with Gasteiger partial charge in [-0.3, -0.25) is 4.90 Å². The number of piperidine rings is 1. The molecule has 190 valence electrons. The van der Waals surface area contributed by atoms with Crippen molar-refractivity contribution in [3.63, 3.8) is 0 Å². The highest BCUT2D eigenvalue weighted by Gasteiger charge is 2.40. The van der Waals surface area contributed by atoms with E-state index in [4.69, 9.17) is 18.9 Å². The smallest absolute Gasteiger partial charge is 0.161 e. The van der Waals surface area contributed by atoms with Gasteiger partial charge in [-0.15, -0.1) is 0 Å². The largest absolute Gasteiger partial charge is 0.493 e. The molecule has 35 heavy (non-hydrogen) atoms. The first-order valence-corrected chi connectivity index (χ1v) is 13.3. The Morgan fingerprint density at radius 3 is 2.00 bits per heavy atom. The monoisotopic (exact) mass is 479 g/mol. The van der Waals surface area contributed by atoms with Crippen molar-refractivity contribution in [3.8, 4) is 23.0 Å². The van der Waals surface area contributed by atoms with Crippen LogP contribution in [0.3, 0.4) is 0 Å². The summed E-state index contributed by atoms with van der Waals surface area (Å²) in [5.41, 5.74) is 5.81. The minimum Gasteiger partial charge on any atom is -0.493 e. The molecule has 0 amide bonds. The molecular formula is C30H41NO4. The van der Waals surface area contributed by atoms with Gasteiger partial charge in [0.25, 0.3) is 0 Å². The Labute approximate surface area is 210 Å². The van der Waals surface area contributed by atoms with Gasteiger partial charge in [0, 0.05) is 19.1 Å². The highest BCUT2D eigenvalue weighted by atomic mass is 16.5. The Balaban J connectivity index is 1.43. The highest BCUT2D eigenvalue weighted by molar-refractivity contribution is 5.50. The minimum absolute atomic E-state index is 0.472. The van der Waals surface area contributed by atoms with E-state index in [0.717, 1.165) is 48.3 Å². The van der Waals surface area contributed by atoms with Crippen LogP contribution in [-0.4, -0.2) is 46.4 Å². The third-order valence-corrected chi connectivity index (χ3v) is 8.97. The van der Waals surface area contributed by atoms with Crippen LogP contribution in [0.5, 0.6) is 23.0 Å². The lowest BCUT2D eigenvalue weighted by Gasteiger charge is -2.48. The summed E-state index contributed by atoms with van der Waals surface area (Å²) in [7, 11) is 6.95. The Bertz CT molecular complexity index is 1050. The number of rotatable bonds is 7. The summed E-state index contributed by atoms with van der Waals surface area (Å²) in [4.78, 5) is 2.74. The van der Waals surface area contributed by atoms with E-state index in [1.54, 1.807) is 28.4 Å². The number of nitrogens with zero attached hydrogens (tertiary/aromatic N) is 1. The van der Waals surface area contributed by atoms with Gasteiger partial charge in [-0.1, -0.05) is 13.3 Å². The average molecular weight is 480 g/mol. The van der Waals surface area contributed by atoms with Crippen molar-refractivity contribution in [2.24, 2.45) is 11.8 Å². The predicted octanol–water partition coefficient (Wildman–Crippen LogP) is 6.18. The molecule has 0 saturated carbocycles. The van der Waals surface area contributed by atoms with E-state index in [1.165, 1.54) is 60.9 Å². The van der Waals surface area contributed by atoms with Gasteiger partial charge in [0.05, 0.1) is 28.4 Å². The van der Waals surface area contributed by atoms with Crippen LogP contribution < -0.4 is 18.9 Å². The average Bonchev–Trinajstić information content (AvgIpc) is 2.91. The zero-order valence-corrected chi connectivity index (χ0v) is 22.1. The lowest BCUT2D eigenvalue weighted by atomic mass is 9.69. The molecule has 0 radical (unpaired) electrons. The van der Waals surface area contributed by atoms with Crippen molar-refractivity contribution in [2.45, 2.75) is 63.8 Å². The molecular weight excluding hydrogens is 438 g/mol.